The van der Waals surface area contributed by atoms with Crippen molar-refractivity contribution >= 4 is 11.6 Å². The SMILES string of the molecule is CCOc1ccc(C=C(C#N)c2ccccc2)cc1. The van der Waals surface area contributed by atoms with Crippen molar-refractivity contribution in [1.29, 1.82) is 5.26 Å². The van der Waals surface area contributed by atoms with Crippen LogP contribution in [0, 0.1) is 11.3 Å². The van der Waals surface area contributed by atoms with Crippen molar-refractivity contribution in [3.8, 4) is 11.8 Å². The van der Waals surface area contributed by atoms with Crippen LogP contribution < -0.4 is 4.74 Å². The normalized spacial score (nSPS) is 10.8. The molecule has 94 valence electrons. The monoisotopic (exact) mass is 249 g/mol. The molecule has 0 aromatic heterocycles. The van der Waals surface area contributed by atoms with Crippen LogP contribution in [0.25, 0.3) is 11.6 Å². The average molecular weight is 249 g/mol. The molecule has 2 heteroatoms. The Labute approximate surface area is 113 Å². The first kappa shape index (κ1) is 12.9. The van der Waals surface area contributed by atoms with Crippen molar-refractivity contribution in [1.82, 2.24) is 0 Å². The van der Waals surface area contributed by atoms with Crippen molar-refractivity contribution in [2.45, 2.75) is 6.92 Å². The van der Waals surface area contributed by atoms with Crippen molar-refractivity contribution in [3.05, 3.63) is 65.7 Å². The Balaban J connectivity index is 2.26. The van der Waals surface area contributed by atoms with E-state index in [-0.39, 0.29) is 0 Å². The zero-order valence-electron chi connectivity index (χ0n) is 10.8. The molecule has 2 rings (SSSR count). The smallest absolute Gasteiger partial charge is 0.119 e. The standard InChI is InChI=1S/C17H15NO/c1-2-19-17-10-8-14(9-11-17)12-16(13-18)15-6-4-3-5-7-15/h3-12H,2H2,1H3. The molecule has 0 heterocycles. The third kappa shape index (κ3) is 3.46. The number of hydrogen-bond acceptors (Lipinski definition) is 2. The molecule has 0 spiro atoms. The van der Waals surface area contributed by atoms with E-state index in [9.17, 15) is 5.26 Å². The molecule has 0 amide bonds. The molecule has 2 aromatic rings. The lowest BCUT2D eigenvalue weighted by atomic mass is 10.0. The van der Waals surface area contributed by atoms with Crippen LogP contribution >= 0.6 is 0 Å². The number of nitriles is 1. The van der Waals surface area contributed by atoms with Gasteiger partial charge in [0.05, 0.1) is 18.2 Å². The minimum Gasteiger partial charge on any atom is -0.494 e. The van der Waals surface area contributed by atoms with Gasteiger partial charge < -0.3 is 4.74 Å². The second kappa shape index (κ2) is 6.42. The largest absolute Gasteiger partial charge is 0.494 e. The summed E-state index contributed by atoms with van der Waals surface area (Å²) in [6.07, 6.45) is 1.88. The number of benzene rings is 2. The molecule has 0 saturated carbocycles. The third-order valence-corrected chi connectivity index (χ3v) is 2.71. The minimum atomic E-state index is 0.655. The lowest BCUT2D eigenvalue weighted by molar-refractivity contribution is 0.340. The summed E-state index contributed by atoms with van der Waals surface area (Å²) in [7, 11) is 0. The quantitative estimate of drug-likeness (QED) is 0.602. The molecular formula is C17H15NO. The van der Waals surface area contributed by atoms with Crippen LogP contribution in [-0.2, 0) is 0 Å². The molecule has 0 unspecified atom stereocenters. The Bertz CT molecular complexity index is 591. The van der Waals surface area contributed by atoms with Gasteiger partial charge in [0.1, 0.15) is 5.75 Å². The fourth-order valence-electron chi connectivity index (χ4n) is 1.79. The summed E-state index contributed by atoms with van der Waals surface area (Å²) in [6.45, 7) is 2.61. The maximum atomic E-state index is 9.24. The van der Waals surface area contributed by atoms with Crippen LogP contribution in [0.4, 0.5) is 0 Å². The molecule has 2 nitrogen and oxygen atoms in total. The summed E-state index contributed by atoms with van der Waals surface area (Å²) in [4.78, 5) is 0. The number of ether oxygens (including phenoxy) is 1. The number of rotatable bonds is 4. The minimum absolute atomic E-state index is 0.655. The summed E-state index contributed by atoms with van der Waals surface area (Å²) < 4.78 is 5.39. The van der Waals surface area contributed by atoms with Crippen LogP contribution in [0.5, 0.6) is 5.75 Å². The average Bonchev–Trinajstić information content (AvgIpc) is 2.48. The maximum Gasteiger partial charge on any atom is 0.119 e. The predicted octanol–water partition coefficient (Wildman–Crippen LogP) is 4.15. The van der Waals surface area contributed by atoms with E-state index in [2.05, 4.69) is 6.07 Å². The van der Waals surface area contributed by atoms with Crippen LogP contribution in [0.3, 0.4) is 0 Å². The fraction of sp³-hybridized carbons (Fsp3) is 0.118. The van der Waals surface area contributed by atoms with E-state index in [1.54, 1.807) is 0 Å². The summed E-state index contributed by atoms with van der Waals surface area (Å²) in [5.41, 5.74) is 2.58. The van der Waals surface area contributed by atoms with E-state index in [1.165, 1.54) is 0 Å². The van der Waals surface area contributed by atoms with Crippen molar-refractivity contribution in [2.75, 3.05) is 6.61 Å². The summed E-state index contributed by atoms with van der Waals surface area (Å²) in [5, 5.41) is 9.24. The highest BCUT2D eigenvalue weighted by molar-refractivity contribution is 5.89. The van der Waals surface area contributed by atoms with Gasteiger partial charge in [-0.25, -0.2) is 0 Å². The van der Waals surface area contributed by atoms with E-state index in [1.807, 2.05) is 67.6 Å². The first-order valence-electron chi connectivity index (χ1n) is 6.23. The highest BCUT2D eigenvalue weighted by atomic mass is 16.5. The van der Waals surface area contributed by atoms with E-state index in [4.69, 9.17) is 4.74 Å². The van der Waals surface area contributed by atoms with Crippen LogP contribution in [-0.4, -0.2) is 6.61 Å². The first-order valence-corrected chi connectivity index (χ1v) is 6.23. The molecule has 19 heavy (non-hydrogen) atoms. The van der Waals surface area contributed by atoms with Gasteiger partial charge in [0.25, 0.3) is 0 Å². The molecule has 0 N–H and O–H groups in total. The maximum absolute atomic E-state index is 9.24. The summed E-state index contributed by atoms with van der Waals surface area (Å²) in [6, 6.07) is 19.6. The zero-order chi connectivity index (χ0) is 13.5. The van der Waals surface area contributed by atoms with E-state index in [0.29, 0.717) is 12.2 Å². The Hall–Kier alpha value is -2.53. The topological polar surface area (TPSA) is 33.0 Å². The van der Waals surface area contributed by atoms with Crippen LogP contribution in [0.15, 0.2) is 54.6 Å². The van der Waals surface area contributed by atoms with Crippen molar-refractivity contribution < 1.29 is 4.74 Å². The molecule has 0 aliphatic heterocycles. The van der Waals surface area contributed by atoms with Gasteiger partial charge in [-0.3, -0.25) is 0 Å². The Kier molecular flexibility index (Phi) is 4.36. The molecule has 0 radical (unpaired) electrons. The van der Waals surface area contributed by atoms with Crippen LogP contribution in [0.1, 0.15) is 18.1 Å². The second-order valence-corrected chi connectivity index (χ2v) is 4.04. The Morgan fingerprint density at radius 1 is 1.11 bits per heavy atom. The van der Waals surface area contributed by atoms with Crippen molar-refractivity contribution in [2.24, 2.45) is 0 Å². The summed E-state index contributed by atoms with van der Waals surface area (Å²) in [5.74, 6) is 0.845. The van der Waals surface area contributed by atoms with Gasteiger partial charge in [0.2, 0.25) is 0 Å². The van der Waals surface area contributed by atoms with E-state index >= 15 is 0 Å². The molecule has 0 bridgehead atoms. The predicted molar refractivity (Wildman–Crippen MR) is 77.5 cm³/mol. The lowest BCUT2D eigenvalue weighted by Gasteiger charge is -2.03. The third-order valence-electron chi connectivity index (χ3n) is 2.71. The molecule has 0 aliphatic rings. The molecule has 0 fully saturated rings. The van der Waals surface area contributed by atoms with Gasteiger partial charge in [-0.1, -0.05) is 42.5 Å². The fourth-order valence-corrected chi connectivity index (χ4v) is 1.79. The van der Waals surface area contributed by atoms with Crippen molar-refractivity contribution in [3.63, 3.8) is 0 Å². The van der Waals surface area contributed by atoms with Gasteiger partial charge in [-0.2, -0.15) is 5.26 Å². The zero-order valence-corrected chi connectivity index (χ0v) is 10.8. The van der Waals surface area contributed by atoms with Crippen LogP contribution in [0.2, 0.25) is 0 Å². The Morgan fingerprint density at radius 2 is 1.79 bits per heavy atom. The van der Waals surface area contributed by atoms with Gasteiger partial charge in [0.15, 0.2) is 0 Å². The van der Waals surface area contributed by atoms with Gasteiger partial charge in [-0.15, -0.1) is 0 Å². The lowest BCUT2D eigenvalue weighted by Crippen LogP contribution is -1.90. The Morgan fingerprint density at radius 3 is 2.37 bits per heavy atom. The van der Waals surface area contributed by atoms with E-state index in [0.717, 1.165) is 16.9 Å². The molecule has 0 saturated heterocycles. The van der Waals surface area contributed by atoms with Gasteiger partial charge in [0, 0.05) is 0 Å². The summed E-state index contributed by atoms with van der Waals surface area (Å²) >= 11 is 0. The number of nitrogens with zero attached hydrogens (tertiary/aromatic N) is 1. The molecule has 2 aromatic carbocycles. The molecular weight excluding hydrogens is 234 g/mol. The number of hydrogen-bond donors (Lipinski definition) is 0. The number of allylic oxidation sites excluding steroid dienone is 1. The molecule has 0 atom stereocenters. The highest BCUT2D eigenvalue weighted by Crippen LogP contribution is 2.19. The van der Waals surface area contributed by atoms with E-state index < -0.39 is 0 Å². The first-order chi connectivity index (χ1) is 9.33. The van der Waals surface area contributed by atoms with Gasteiger partial charge in [-0.05, 0) is 36.3 Å². The molecule has 0 aliphatic carbocycles. The highest BCUT2D eigenvalue weighted by Gasteiger charge is 2.00. The van der Waals surface area contributed by atoms with Gasteiger partial charge >= 0.3 is 0 Å². The second-order valence-electron chi connectivity index (χ2n) is 4.04.